The Balaban J connectivity index is 2.12. The van der Waals surface area contributed by atoms with E-state index in [9.17, 15) is 4.39 Å². The van der Waals surface area contributed by atoms with Crippen LogP contribution in [0.5, 0.6) is 0 Å². The first-order valence-electron chi connectivity index (χ1n) is 6.93. The highest BCUT2D eigenvalue weighted by Gasteiger charge is 2.20. The van der Waals surface area contributed by atoms with Crippen molar-refractivity contribution in [1.29, 1.82) is 0 Å². The molecule has 0 saturated carbocycles. The van der Waals surface area contributed by atoms with Crippen LogP contribution in [0.4, 0.5) is 4.39 Å². The number of benzene rings is 1. The van der Waals surface area contributed by atoms with Gasteiger partial charge in [-0.05, 0) is 38.2 Å². The van der Waals surface area contributed by atoms with Crippen LogP contribution in [0.25, 0.3) is 0 Å². The van der Waals surface area contributed by atoms with Crippen LogP contribution in [-0.2, 0) is 0 Å². The molecule has 106 valence electrons. The van der Waals surface area contributed by atoms with Gasteiger partial charge in [-0.3, -0.25) is 4.90 Å². The second-order valence-electron chi connectivity index (χ2n) is 5.54. The van der Waals surface area contributed by atoms with Crippen molar-refractivity contribution in [2.45, 2.75) is 13.0 Å². The summed E-state index contributed by atoms with van der Waals surface area (Å²) in [6, 6.07) is 5.79. The van der Waals surface area contributed by atoms with E-state index in [0.717, 1.165) is 38.3 Å². The number of piperazine rings is 1. The maximum atomic E-state index is 13.4. The molecule has 1 unspecified atom stereocenters. The lowest BCUT2D eigenvalue weighted by atomic mass is 10.0. The average Bonchev–Trinajstić information content (AvgIpc) is 2.40. The zero-order valence-electron chi connectivity index (χ0n) is 12.1. The molecule has 19 heavy (non-hydrogen) atoms. The normalized spacial score (nSPS) is 18.8. The van der Waals surface area contributed by atoms with Gasteiger partial charge < -0.3 is 10.2 Å². The molecule has 4 heteroatoms. The van der Waals surface area contributed by atoms with E-state index in [1.165, 1.54) is 5.56 Å². The van der Waals surface area contributed by atoms with Crippen LogP contribution in [-0.4, -0.2) is 56.6 Å². The first kappa shape index (κ1) is 14.4. The highest BCUT2D eigenvalue weighted by atomic mass is 19.1. The lowest BCUT2D eigenvalue weighted by Crippen LogP contribution is -2.46. The number of nitrogens with zero attached hydrogens (tertiary/aromatic N) is 2. The summed E-state index contributed by atoms with van der Waals surface area (Å²) < 4.78 is 13.4. The summed E-state index contributed by atoms with van der Waals surface area (Å²) in [5.74, 6) is -0.122. The molecule has 0 aliphatic carbocycles. The van der Waals surface area contributed by atoms with Crippen molar-refractivity contribution in [3.05, 3.63) is 35.1 Å². The number of nitrogens with one attached hydrogen (secondary N) is 1. The van der Waals surface area contributed by atoms with Crippen molar-refractivity contribution < 1.29 is 4.39 Å². The van der Waals surface area contributed by atoms with Crippen LogP contribution in [0.1, 0.15) is 17.2 Å². The van der Waals surface area contributed by atoms with Gasteiger partial charge in [0.15, 0.2) is 0 Å². The van der Waals surface area contributed by atoms with Crippen LogP contribution in [0, 0.1) is 12.7 Å². The molecule has 1 aromatic rings. The molecule has 0 spiro atoms. The van der Waals surface area contributed by atoms with E-state index >= 15 is 0 Å². The predicted molar refractivity (Wildman–Crippen MR) is 76.9 cm³/mol. The van der Waals surface area contributed by atoms with Gasteiger partial charge in [-0.25, -0.2) is 4.39 Å². The van der Waals surface area contributed by atoms with E-state index in [0.29, 0.717) is 6.04 Å². The van der Waals surface area contributed by atoms with Crippen molar-refractivity contribution in [3.63, 3.8) is 0 Å². The number of hydrogen-bond acceptors (Lipinski definition) is 3. The van der Waals surface area contributed by atoms with Crippen molar-refractivity contribution in [3.8, 4) is 0 Å². The fourth-order valence-corrected chi connectivity index (χ4v) is 2.58. The Hall–Kier alpha value is -0.970. The van der Waals surface area contributed by atoms with Crippen LogP contribution in [0.3, 0.4) is 0 Å². The number of rotatable bonds is 4. The Morgan fingerprint density at radius 3 is 2.58 bits per heavy atom. The fourth-order valence-electron chi connectivity index (χ4n) is 2.58. The summed E-state index contributed by atoms with van der Waals surface area (Å²) in [4.78, 5) is 4.69. The van der Waals surface area contributed by atoms with Gasteiger partial charge in [-0.1, -0.05) is 12.1 Å². The molecular weight excluding hydrogens is 241 g/mol. The van der Waals surface area contributed by atoms with Crippen molar-refractivity contribution >= 4 is 0 Å². The SMILES string of the molecule is Cc1cc(C(CN2CCNCC2)N(C)C)ccc1F. The van der Waals surface area contributed by atoms with Crippen molar-refractivity contribution in [2.75, 3.05) is 46.8 Å². The van der Waals surface area contributed by atoms with Crippen molar-refractivity contribution in [2.24, 2.45) is 0 Å². The summed E-state index contributed by atoms with van der Waals surface area (Å²) in [5.41, 5.74) is 1.92. The van der Waals surface area contributed by atoms with Crippen LogP contribution < -0.4 is 5.32 Å². The second-order valence-corrected chi connectivity index (χ2v) is 5.54. The summed E-state index contributed by atoms with van der Waals surface area (Å²) in [5, 5.41) is 3.37. The molecule has 1 atom stereocenters. The lowest BCUT2D eigenvalue weighted by Gasteiger charge is -2.34. The van der Waals surface area contributed by atoms with Gasteiger partial charge in [0.25, 0.3) is 0 Å². The quantitative estimate of drug-likeness (QED) is 0.893. The highest BCUT2D eigenvalue weighted by Crippen LogP contribution is 2.22. The Kier molecular flexibility index (Phi) is 4.91. The fraction of sp³-hybridized carbons (Fsp3) is 0.600. The van der Waals surface area contributed by atoms with Crippen molar-refractivity contribution in [1.82, 2.24) is 15.1 Å². The number of hydrogen-bond donors (Lipinski definition) is 1. The molecule has 0 radical (unpaired) electrons. The van der Waals surface area contributed by atoms with Gasteiger partial charge in [0, 0.05) is 38.8 Å². The van der Waals surface area contributed by atoms with Crippen LogP contribution in [0.15, 0.2) is 18.2 Å². The maximum absolute atomic E-state index is 13.4. The third-order valence-corrected chi connectivity index (χ3v) is 3.83. The third-order valence-electron chi connectivity index (χ3n) is 3.83. The molecule has 1 aromatic carbocycles. The zero-order valence-corrected chi connectivity index (χ0v) is 12.1. The largest absolute Gasteiger partial charge is 0.314 e. The molecule has 2 rings (SSSR count). The standard InChI is InChI=1S/C15H24FN3/c1-12-10-13(4-5-14(12)16)15(18(2)3)11-19-8-6-17-7-9-19/h4-5,10,15,17H,6-9,11H2,1-3H3. The minimum Gasteiger partial charge on any atom is -0.314 e. The zero-order chi connectivity index (χ0) is 13.8. The number of likely N-dealkylation sites (N-methyl/N-ethyl adjacent to an activating group) is 1. The highest BCUT2D eigenvalue weighted by molar-refractivity contribution is 5.26. The molecule has 1 aliphatic heterocycles. The molecule has 3 nitrogen and oxygen atoms in total. The maximum Gasteiger partial charge on any atom is 0.126 e. The van der Waals surface area contributed by atoms with Gasteiger partial charge in [-0.2, -0.15) is 0 Å². The smallest absolute Gasteiger partial charge is 0.126 e. The molecule has 1 heterocycles. The minimum atomic E-state index is -0.122. The number of aryl methyl sites for hydroxylation is 1. The average molecular weight is 265 g/mol. The van der Waals surface area contributed by atoms with Gasteiger partial charge in [0.2, 0.25) is 0 Å². The van der Waals surface area contributed by atoms with E-state index < -0.39 is 0 Å². The summed E-state index contributed by atoms with van der Waals surface area (Å²) in [7, 11) is 4.18. The Morgan fingerprint density at radius 2 is 2.00 bits per heavy atom. The minimum absolute atomic E-state index is 0.122. The molecule has 1 N–H and O–H groups in total. The van der Waals surface area contributed by atoms with E-state index in [2.05, 4.69) is 29.2 Å². The molecule has 1 aliphatic rings. The molecule has 0 aromatic heterocycles. The Bertz CT molecular complexity index is 414. The van der Waals surface area contributed by atoms with Gasteiger partial charge in [0.1, 0.15) is 5.82 Å². The first-order chi connectivity index (χ1) is 9.08. The van der Waals surface area contributed by atoms with Crippen LogP contribution in [0.2, 0.25) is 0 Å². The molecule has 1 saturated heterocycles. The second kappa shape index (κ2) is 6.46. The summed E-state index contributed by atoms with van der Waals surface area (Å²) in [6.07, 6.45) is 0. The monoisotopic (exact) mass is 265 g/mol. The summed E-state index contributed by atoms with van der Waals surface area (Å²) >= 11 is 0. The van der Waals surface area contributed by atoms with E-state index in [1.54, 1.807) is 6.07 Å². The predicted octanol–water partition coefficient (Wildman–Crippen LogP) is 1.64. The van der Waals surface area contributed by atoms with E-state index in [-0.39, 0.29) is 5.82 Å². The summed E-state index contributed by atoms with van der Waals surface area (Å²) in [6.45, 7) is 7.12. The third kappa shape index (κ3) is 3.75. The first-order valence-corrected chi connectivity index (χ1v) is 6.93. The molecular formula is C15H24FN3. The topological polar surface area (TPSA) is 18.5 Å². The van der Waals surface area contributed by atoms with E-state index in [4.69, 9.17) is 0 Å². The van der Waals surface area contributed by atoms with Crippen LogP contribution >= 0.6 is 0 Å². The number of halogens is 1. The molecule has 1 fully saturated rings. The lowest BCUT2D eigenvalue weighted by molar-refractivity contribution is 0.168. The Labute approximate surface area is 115 Å². The van der Waals surface area contributed by atoms with E-state index in [1.807, 2.05) is 19.1 Å². The van der Waals surface area contributed by atoms with Gasteiger partial charge in [-0.15, -0.1) is 0 Å². The molecule has 0 amide bonds. The van der Waals surface area contributed by atoms with Gasteiger partial charge in [0.05, 0.1) is 0 Å². The molecule has 0 bridgehead atoms. The Morgan fingerprint density at radius 1 is 1.32 bits per heavy atom. The van der Waals surface area contributed by atoms with Gasteiger partial charge >= 0.3 is 0 Å².